The molecule has 0 bridgehead atoms. The fraction of sp³-hybridized carbons (Fsp3) is 0.733. The smallest absolute Gasteiger partial charge is 0.314 e. The van der Waals surface area contributed by atoms with Crippen LogP contribution >= 0.6 is 0 Å². The quantitative estimate of drug-likeness (QED) is 0.493. The number of unbranched alkanes of at least 4 members (excludes halogenated alkanes) is 2. The molecule has 1 fully saturated rings. The molecule has 2 amide bonds. The number of carbonyl (C=O) groups is 2. The van der Waals surface area contributed by atoms with Crippen molar-refractivity contribution in [1.82, 2.24) is 10.6 Å². The minimum absolute atomic E-state index is 0.0495. The van der Waals surface area contributed by atoms with Gasteiger partial charge in [-0.25, -0.2) is 4.79 Å². The molecule has 2 unspecified atom stereocenters. The molecule has 0 aromatic heterocycles. The highest BCUT2D eigenvalue weighted by Gasteiger charge is 2.30. The average Bonchev–Trinajstić information content (AvgIpc) is 2.45. The first-order chi connectivity index (χ1) is 9.65. The minimum atomic E-state index is -0.744. The number of hydrogen-bond donors (Lipinski definition) is 3. The van der Waals surface area contributed by atoms with E-state index in [1.54, 1.807) is 0 Å². The van der Waals surface area contributed by atoms with Crippen molar-refractivity contribution < 1.29 is 14.7 Å². The molecule has 0 spiro atoms. The van der Waals surface area contributed by atoms with E-state index in [2.05, 4.69) is 16.6 Å². The first kappa shape index (κ1) is 16.4. The van der Waals surface area contributed by atoms with Crippen LogP contribution in [0.1, 0.15) is 44.9 Å². The number of carbonyl (C=O) groups excluding carboxylic acids is 1. The number of carboxylic acid groups (broad SMARTS) is 1. The highest BCUT2D eigenvalue weighted by molar-refractivity contribution is 5.74. The van der Waals surface area contributed by atoms with Crippen molar-refractivity contribution in [3.63, 3.8) is 0 Å². The maximum absolute atomic E-state index is 11.6. The van der Waals surface area contributed by atoms with Crippen LogP contribution in [0.3, 0.4) is 0 Å². The van der Waals surface area contributed by atoms with Gasteiger partial charge in [0.15, 0.2) is 0 Å². The van der Waals surface area contributed by atoms with Gasteiger partial charge in [-0.2, -0.15) is 0 Å². The summed E-state index contributed by atoms with van der Waals surface area (Å²) in [7, 11) is 0. The highest BCUT2D eigenvalue weighted by atomic mass is 16.4. The minimum Gasteiger partial charge on any atom is -0.481 e. The van der Waals surface area contributed by atoms with Gasteiger partial charge in [0.2, 0.25) is 0 Å². The molecular weight excluding hydrogens is 256 g/mol. The Morgan fingerprint density at radius 1 is 1.20 bits per heavy atom. The van der Waals surface area contributed by atoms with E-state index in [9.17, 15) is 9.59 Å². The number of carboxylic acids is 1. The zero-order valence-corrected chi connectivity index (χ0v) is 11.9. The van der Waals surface area contributed by atoms with Crippen LogP contribution in [0.25, 0.3) is 0 Å². The molecule has 0 aromatic rings. The fourth-order valence-electron chi connectivity index (χ4n) is 2.62. The molecule has 2 atom stereocenters. The molecule has 0 heterocycles. The first-order valence-corrected chi connectivity index (χ1v) is 7.33. The van der Waals surface area contributed by atoms with Gasteiger partial charge in [0.1, 0.15) is 0 Å². The number of amides is 2. The molecule has 0 aromatic carbocycles. The van der Waals surface area contributed by atoms with Gasteiger partial charge in [0, 0.05) is 19.5 Å². The lowest BCUT2D eigenvalue weighted by molar-refractivity contribution is -0.144. The Hall–Kier alpha value is -1.70. The summed E-state index contributed by atoms with van der Waals surface area (Å²) in [5, 5.41) is 14.7. The van der Waals surface area contributed by atoms with Gasteiger partial charge in [-0.1, -0.05) is 12.8 Å². The van der Waals surface area contributed by atoms with Gasteiger partial charge < -0.3 is 15.7 Å². The summed E-state index contributed by atoms with van der Waals surface area (Å²) in [4.78, 5) is 22.7. The Labute approximate surface area is 120 Å². The van der Waals surface area contributed by atoms with Gasteiger partial charge >= 0.3 is 12.0 Å². The summed E-state index contributed by atoms with van der Waals surface area (Å²) in [6, 6.07) is -0.222. The van der Waals surface area contributed by atoms with Crippen molar-refractivity contribution in [3.8, 4) is 12.3 Å². The average molecular weight is 280 g/mol. The third-order valence-corrected chi connectivity index (χ3v) is 3.78. The Bertz CT molecular complexity index is 363. The van der Waals surface area contributed by atoms with Crippen molar-refractivity contribution >= 4 is 12.0 Å². The van der Waals surface area contributed by atoms with E-state index >= 15 is 0 Å². The van der Waals surface area contributed by atoms with E-state index in [1.807, 2.05) is 0 Å². The molecule has 0 radical (unpaired) electrons. The summed E-state index contributed by atoms with van der Waals surface area (Å²) in [6.07, 6.45) is 11.2. The van der Waals surface area contributed by atoms with Crippen LogP contribution < -0.4 is 10.6 Å². The van der Waals surface area contributed by atoms with Crippen molar-refractivity contribution in [2.24, 2.45) is 11.8 Å². The summed E-state index contributed by atoms with van der Waals surface area (Å²) in [5.74, 6) is 1.54. The third kappa shape index (κ3) is 5.96. The second-order valence-electron chi connectivity index (χ2n) is 5.29. The lowest BCUT2D eigenvalue weighted by Crippen LogP contribution is -2.42. The SMILES string of the molecule is C#CCCCCNC(=O)NCC1CCCCC1C(=O)O. The predicted octanol–water partition coefficient (Wildman–Crippen LogP) is 1.98. The molecule has 5 heteroatoms. The van der Waals surface area contributed by atoms with E-state index in [0.717, 1.165) is 44.9 Å². The van der Waals surface area contributed by atoms with Crippen LogP contribution in [0.5, 0.6) is 0 Å². The van der Waals surface area contributed by atoms with Crippen molar-refractivity contribution in [3.05, 3.63) is 0 Å². The normalized spacial score (nSPS) is 21.8. The van der Waals surface area contributed by atoms with E-state index in [0.29, 0.717) is 13.1 Å². The largest absolute Gasteiger partial charge is 0.481 e. The molecule has 20 heavy (non-hydrogen) atoms. The summed E-state index contributed by atoms with van der Waals surface area (Å²) < 4.78 is 0. The maximum atomic E-state index is 11.6. The zero-order chi connectivity index (χ0) is 14.8. The number of nitrogens with one attached hydrogen (secondary N) is 2. The second-order valence-corrected chi connectivity index (χ2v) is 5.29. The van der Waals surface area contributed by atoms with Crippen LogP contribution in [-0.2, 0) is 4.79 Å². The van der Waals surface area contributed by atoms with E-state index in [1.165, 1.54) is 0 Å². The standard InChI is InChI=1S/C15H24N2O3/c1-2-3-4-7-10-16-15(20)17-11-12-8-5-6-9-13(12)14(18)19/h1,12-13H,3-11H2,(H,18,19)(H2,16,17,20). The molecular formula is C15H24N2O3. The van der Waals surface area contributed by atoms with Crippen LogP contribution in [-0.4, -0.2) is 30.2 Å². The van der Waals surface area contributed by atoms with Crippen molar-refractivity contribution in [2.75, 3.05) is 13.1 Å². The van der Waals surface area contributed by atoms with Crippen LogP contribution in [0.15, 0.2) is 0 Å². The Morgan fingerprint density at radius 2 is 1.95 bits per heavy atom. The molecule has 1 rings (SSSR count). The number of terminal acetylenes is 1. The Morgan fingerprint density at radius 3 is 2.65 bits per heavy atom. The molecule has 1 aliphatic carbocycles. The Kier molecular flexibility index (Phi) is 7.56. The summed E-state index contributed by atoms with van der Waals surface area (Å²) in [6.45, 7) is 1.04. The maximum Gasteiger partial charge on any atom is 0.314 e. The number of urea groups is 1. The molecule has 1 saturated carbocycles. The lowest BCUT2D eigenvalue weighted by Gasteiger charge is -2.28. The number of hydrogen-bond acceptors (Lipinski definition) is 2. The van der Waals surface area contributed by atoms with E-state index < -0.39 is 5.97 Å². The molecule has 3 N–H and O–H groups in total. The fourth-order valence-corrected chi connectivity index (χ4v) is 2.62. The van der Waals surface area contributed by atoms with Gasteiger partial charge in [0.25, 0.3) is 0 Å². The topological polar surface area (TPSA) is 78.4 Å². The first-order valence-electron chi connectivity index (χ1n) is 7.33. The molecule has 5 nitrogen and oxygen atoms in total. The molecule has 0 aliphatic heterocycles. The van der Waals surface area contributed by atoms with Gasteiger partial charge in [-0.3, -0.25) is 4.79 Å². The predicted molar refractivity (Wildman–Crippen MR) is 77.2 cm³/mol. The number of aliphatic carboxylic acids is 1. The highest BCUT2D eigenvalue weighted by Crippen LogP contribution is 2.29. The van der Waals surface area contributed by atoms with Crippen LogP contribution in [0, 0.1) is 24.2 Å². The Balaban J connectivity index is 2.19. The van der Waals surface area contributed by atoms with Crippen LogP contribution in [0.2, 0.25) is 0 Å². The number of rotatable bonds is 7. The van der Waals surface area contributed by atoms with Gasteiger partial charge in [-0.05, 0) is 31.6 Å². The van der Waals surface area contributed by atoms with E-state index in [4.69, 9.17) is 11.5 Å². The molecule has 0 saturated heterocycles. The second kappa shape index (κ2) is 9.24. The third-order valence-electron chi connectivity index (χ3n) is 3.78. The molecule has 112 valence electrons. The zero-order valence-electron chi connectivity index (χ0n) is 11.9. The van der Waals surface area contributed by atoms with Crippen molar-refractivity contribution in [2.45, 2.75) is 44.9 Å². The summed E-state index contributed by atoms with van der Waals surface area (Å²) >= 11 is 0. The van der Waals surface area contributed by atoms with Gasteiger partial charge in [-0.15, -0.1) is 12.3 Å². The van der Waals surface area contributed by atoms with Crippen LogP contribution in [0.4, 0.5) is 4.79 Å². The lowest BCUT2D eigenvalue weighted by atomic mass is 9.79. The van der Waals surface area contributed by atoms with Crippen molar-refractivity contribution in [1.29, 1.82) is 0 Å². The summed E-state index contributed by atoms with van der Waals surface area (Å²) in [5.41, 5.74) is 0. The van der Waals surface area contributed by atoms with E-state index in [-0.39, 0.29) is 17.9 Å². The van der Waals surface area contributed by atoms with Gasteiger partial charge in [0.05, 0.1) is 5.92 Å². The molecule has 1 aliphatic rings. The monoisotopic (exact) mass is 280 g/mol.